The Bertz CT molecular complexity index is 494. The zero-order chi connectivity index (χ0) is 15.8. The summed E-state index contributed by atoms with van der Waals surface area (Å²) in [6, 6.07) is 10.00. The van der Waals surface area contributed by atoms with E-state index in [1.165, 1.54) is 19.3 Å². The molecule has 5 nitrogen and oxygen atoms in total. The van der Waals surface area contributed by atoms with Gasteiger partial charge in [0.1, 0.15) is 0 Å². The first kappa shape index (κ1) is 16.5. The Morgan fingerprint density at radius 2 is 1.91 bits per heavy atom. The Labute approximate surface area is 137 Å². The summed E-state index contributed by atoms with van der Waals surface area (Å²) in [6.45, 7) is 2.43. The second-order valence-corrected chi connectivity index (χ2v) is 6.14. The number of nitrogens with one attached hydrogen (secondary N) is 4. The van der Waals surface area contributed by atoms with Crippen LogP contribution in [-0.2, 0) is 4.79 Å². The summed E-state index contributed by atoms with van der Waals surface area (Å²) in [5, 5.41) is 6.80. The summed E-state index contributed by atoms with van der Waals surface area (Å²) >= 11 is 5.23. The number of hydrogen-bond donors (Lipinski definition) is 4. The van der Waals surface area contributed by atoms with E-state index in [0.29, 0.717) is 17.1 Å². The molecule has 1 amide bonds. The first-order valence-electron chi connectivity index (χ1n) is 7.79. The third kappa shape index (κ3) is 5.52. The minimum absolute atomic E-state index is 0.162. The molecule has 2 atom stereocenters. The zero-order valence-electron chi connectivity index (χ0n) is 12.9. The SMILES string of the molecule is C[C@@H]1CCCC[C@@H]1NC(=S)NNC(=O)CNc1ccccc1. The second-order valence-electron chi connectivity index (χ2n) is 5.73. The molecule has 1 aliphatic carbocycles. The number of amides is 1. The topological polar surface area (TPSA) is 65.2 Å². The number of para-hydroxylation sites is 1. The molecular formula is C16H24N4OS. The van der Waals surface area contributed by atoms with Crippen molar-refractivity contribution in [2.45, 2.75) is 38.6 Å². The van der Waals surface area contributed by atoms with Crippen LogP contribution in [0.4, 0.5) is 5.69 Å². The molecule has 0 unspecified atom stereocenters. The molecule has 0 bridgehead atoms. The highest BCUT2D eigenvalue weighted by atomic mass is 32.1. The average molecular weight is 320 g/mol. The number of anilines is 1. The molecule has 1 aromatic rings. The number of thiocarbonyl (C=S) groups is 1. The van der Waals surface area contributed by atoms with E-state index in [9.17, 15) is 4.79 Å². The second kappa shape index (κ2) is 8.58. The Morgan fingerprint density at radius 1 is 1.18 bits per heavy atom. The Hall–Kier alpha value is -1.82. The number of hydrazine groups is 1. The summed E-state index contributed by atoms with van der Waals surface area (Å²) in [5.41, 5.74) is 6.28. The lowest BCUT2D eigenvalue weighted by Gasteiger charge is -2.30. The van der Waals surface area contributed by atoms with E-state index in [-0.39, 0.29) is 12.5 Å². The van der Waals surface area contributed by atoms with Crippen molar-refractivity contribution in [2.24, 2.45) is 5.92 Å². The first-order valence-corrected chi connectivity index (χ1v) is 8.20. The van der Waals surface area contributed by atoms with Crippen LogP contribution in [0.15, 0.2) is 30.3 Å². The molecule has 0 aromatic heterocycles. The smallest absolute Gasteiger partial charge is 0.257 e. The predicted molar refractivity (Wildman–Crippen MR) is 93.4 cm³/mol. The van der Waals surface area contributed by atoms with Gasteiger partial charge in [0.15, 0.2) is 5.11 Å². The molecule has 0 radical (unpaired) electrons. The van der Waals surface area contributed by atoms with E-state index in [4.69, 9.17) is 12.2 Å². The fraction of sp³-hybridized carbons (Fsp3) is 0.500. The lowest BCUT2D eigenvalue weighted by molar-refractivity contribution is -0.119. The Balaban J connectivity index is 1.64. The lowest BCUT2D eigenvalue weighted by atomic mass is 9.86. The average Bonchev–Trinajstić information content (AvgIpc) is 2.54. The van der Waals surface area contributed by atoms with Crippen molar-refractivity contribution in [1.82, 2.24) is 16.2 Å². The third-order valence-corrected chi connectivity index (χ3v) is 4.19. The van der Waals surface area contributed by atoms with Crippen molar-refractivity contribution in [3.8, 4) is 0 Å². The fourth-order valence-electron chi connectivity index (χ4n) is 2.64. The van der Waals surface area contributed by atoms with Gasteiger partial charge < -0.3 is 10.6 Å². The van der Waals surface area contributed by atoms with Crippen LogP contribution < -0.4 is 21.5 Å². The Kier molecular flexibility index (Phi) is 6.45. The van der Waals surface area contributed by atoms with Gasteiger partial charge in [-0.05, 0) is 43.1 Å². The maximum Gasteiger partial charge on any atom is 0.257 e. The summed E-state index contributed by atoms with van der Waals surface area (Å²) in [6.07, 6.45) is 4.89. The van der Waals surface area contributed by atoms with Gasteiger partial charge in [-0.3, -0.25) is 15.6 Å². The predicted octanol–water partition coefficient (Wildman–Crippen LogP) is 2.17. The number of carbonyl (C=O) groups excluding carboxylic acids is 1. The molecule has 22 heavy (non-hydrogen) atoms. The fourth-order valence-corrected chi connectivity index (χ4v) is 2.85. The molecule has 0 heterocycles. The molecule has 1 fully saturated rings. The van der Waals surface area contributed by atoms with Crippen molar-refractivity contribution in [3.63, 3.8) is 0 Å². The molecule has 1 aliphatic rings. The quantitative estimate of drug-likeness (QED) is 0.506. The first-order chi connectivity index (χ1) is 10.6. The molecule has 4 N–H and O–H groups in total. The number of hydrogen-bond acceptors (Lipinski definition) is 3. The number of rotatable bonds is 4. The summed E-state index contributed by atoms with van der Waals surface area (Å²) in [5.74, 6) is 0.452. The normalized spacial score (nSPS) is 20.8. The van der Waals surface area contributed by atoms with Crippen LogP contribution in [0.3, 0.4) is 0 Å². The highest BCUT2D eigenvalue weighted by molar-refractivity contribution is 7.80. The maximum absolute atomic E-state index is 11.8. The number of benzene rings is 1. The minimum atomic E-state index is -0.162. The number of carbonyl (C=O) groups is 1. The van der Waals surface area contributed by atoms with Crippen LogP contribution in [0.1, 0.15) is 32.6 Å². The van der Waals surface area contributed by atoms with Gasteiger partial charge in [0, 0.05) is 11.7 Å². The van der Waals surface area contributed by atoms with Gasteiger partial charge in [0.25, 0.3) is 5.91 Å². The van der Waals surface area contributed by atoms with Gasteiger partial charge in [-0.25, -0.2) is 0 Å². The molecule has 0 aliphatic heterocycles. The van der Waals surface area contributed by atoms with E-state index in [2.05, 4.69) is 28.4 Å². The van der Waals surface area contributed by atoms with E-state index < -0.39 is 0 Å². The summed E-state index contributed by atoms with van der Waals surface area (Å²) in [7, 11) is 0. The Morgan fingerprint density at radius 3 is 2.64 bits per heavy atom. The molecule has 6 heteroatoms. The van der Waals surface area contributed by atoms with Crippen molar-refractivity contribution >= 4 is 28.9 Å². The highest BCUT2D eigenvalue weighted by Gasteiger charge is 2.21. The van der Waals surface area contributed by atoms with Crippen molar-refractivity contribution in [3.05, 3.63) is 30.3 Å². The van der Waals surface area contributed by atoms with E-state index >= 15 is 0 Å². The van der Waals surface area contributed by atoms with Gasteiger partial charge in [-0.2, -0.15) is 0 Å². The van der Waals surface area contributed by atoms with Crippen LogP contribution >= 0.6 is 12.2 Å². The monoisotopic (exact) mass is 320 g/mol. The molecule has 1 saturated carbocycles. The largest absolute Gasteiger partial charge is 0.376 e. The third-order valence-electron chi connectivity index (χ3n) is 3.97. The van der Waals surface area contributed by atoms with Gasteiger partial charge in [-0.1, -0.05) is 38.0 Å². The van der Waals surface area contributed by atoms with Crippen LogP contribution in [0, 0.1) is 5.92 Å². The van der Waals surface area contributed by atoms with E-state index in [1.807, 2.05) is 30.3 Å². The standard InChI is InChI=1S/C16H24N4OS/c1-12-7-5-6-10-14(12)18-16(22)20-19-15(21)11-17-13-8-3-2-4-9-13/h2-4,8-9,12,14,17H,5-7,10-11H2,1H3,(H,19,21)(H2,18,20,22)/t12-,14+/m1/s1. The maximum atomic E-state index is 11.8. The summed E-state index contributed by atoms with van der Waals surface area (Å²) in [4.78, 5) is 11.8. The lowest BCUT2D eigenvalue weighted by Crippen LogP contribution is -2.52. The van der Waals surface area contributed by atoms with Gasteiger partial charge >= 0.3 is 0 Å². The van der Waals surface area contributed by atoms with Crippen molar-refractivity contribution < 1.29 is 4.79 Å². The molecule has 0 saturated heterocycles. The molecule has 120 valence electrons. The van der Waals surface area contributed by atoms with Crippen LogP contribution in [0.25, 0.3) is 0 Å². The molecular weight excluding hydrogens is 296 g/mol. The highest BCUT2D eigenvalue weighted by Crippen LogP contribution is 2.23. The molecule has 1 aromatic carbocycles. The van der Waals surface area contributed by atoms with Gasteiger partial charge in [0.2, 0.25) is 0 Å². The van der Waals surface area contributed by atoms with E-state index in [1.54, 1.807) is 0 Å². The van der Waals surface area contributed by atoms with Gasteiger partial charge in [0.05, 0.1) is 6.54 Å². The van der Waals surface area contributed by atoms with Crippen LogP contribution in [0.5, 0.6) is 0 Å². The van der Waals surface area contributed by atoms with E-state index in [0.717, 1.165) is 12.1 Å². The summed E-state index contributed by atoms with van der Waals surface area (Å²) < 4.78 is 0. The molecule has 2 rings (SSSR count). The van der Waals surface area contributed by atoms with Gasteiger partial charge in [-0.15, -0.1) is 0 Å². The molecule has 0 spiro atoms. The van der Waals surface area contributed by atoms with Crippen molar-refractivity contribution in [1.29, 1.82) is 0 Å². The van der Waals surface area contributed by atoms with Crippen LogP contribution in [-0.4, -0.2) is 23.6 Å². The minimum Gasteiger partial charge on any atom is -0.376 e. The van der Waals surface area contributed by atoms with Crippen LogP contribution in [0.2, 0.25) is 0 Å². The van der Waals surface area contributed by atoms with Crippen molar-refractivity contribution in [2.75, 3.05) is 11.9 Å². The zero-order valence-corrected chi connectivity index (χ0v) is 13.7.